The van der Waals surface area contributed by atoms with E-state index in [1.807, 2.05) is 24.6 Å². The maximum Gasteiger partial charge on any atom is 0.251 e. The molecule has 0 atom stereocenters. The van der Waals surface area contributed by atoms with Crippen LogP contribution in [0.4, 0.5) is 5.69 Å². The molecule has 2 amide bonds. The monoisotopic (exact) mass is 508 g/mol. The minimum absolute atomic E-state index is 0.0363. The second-order valence-corrected chi connectivity index (χ2v) is 10.9. The minimum Gasteiger partial charge on any atom is -0.351 e. The van der Waals surface area contributed by atoms with E-state index in [2.05, 4.69) is 17.6 Å². The lowest BCUT2D eigenvalue weighted by Gasteiger charge is -2.12. The summed E-state index contributed by atoms with van der Waals surface area (Å²) in [5.74, 6) is 0.829. The van der Waals surface area contributed by atoms with Crippen molar-refractivity contribution in [3.63, 3.8) is 0 Å². The third-order valence-electron chi connectivity index (χ3n) is 6.08. The summed E-state index contributed by atoms with van der Waals surface area (Å²) >= 11 is 3.28. The van der Waals surface area contributed by atoms with Gasteiger partial charge in [-0.25, -0.2) is 0 Å². The zero-order valence-corrected chi connectivity index (χ0v) is 23.5. The van der Waals surface area contributed by atoms with Crippen molar-refractivity contribution in [2.24, 2.45) is 0 Å². The minimum atomic E-state index is -0.0934. The number of rotatable bonds is 21. The molecule has 34 heavy (non-hydrogen) atoms. The molecule has 0 aliphatic heterocycles. The molecule has 0 fully saturated rings. The third kappa shape index (κ3) is 15.0. The smallest absolute Gasteiger partial charge is 0.251 e. The van der Waals surface area contributed by atoms with Crippen molar-refractivity contribution in [3.05, 3.63) is 23.8 Å². The molecule has 1 aromatic carbocycles. The largest absolute Gasteiger partial charge is 0.351 e. The summed E-state index contributed by atoms with van der Waals surface area (Å²) in [5, 5.41) is 5.95. The molecule has 0 aliphatic rings. The van der Waals surface area contributed by atoms with Crippen molar-refractivity contribution in [1.82, 2.24) is 5.32 Å². The van der Waals surface area contributed by atoms with E-state index < -0.39 is 0 Å². The molecule has 0 aliphatic carbocycles. The number of carbonyl (C=O) groups is 2. The normalized spacial score (nSPS) is 10.9. The van der Waals surface area contributed by atoms with Gasteiger partial charge >= 0.3 is 0 Å². The highest BCUT2D eigenvalue weighted by Gasteiger charge is 2.11. The Bertz CT molecular complexity index is 682. The van der Waals surface area contributed by atoms with Crippen LogP contribution >= 0.6 is 23.5 Å². The number of unbranched alkanes of at least 4 members (excludes halogenated alkanes) is 13. The Morgan fingerprint density at radius 3 is 1.88 bits per heavy atom. The Morgan fingerprint density at radius 2 is 1.35 bits per heavy atom. The van der Waals surface area contributed by atoms with Crippen LogP contribution in [0.5, 0.6) is 0 Å². The predicted molar refractivity (Wildman–Crippen MR) is 152 cm³/mol. The molecule has 0 aromatic heterocycles. The molecule has 4 nitrogen and oxygen atoms in total. The van der Waals surface area contributed by atoms with Gasteiger partial charge in [0.15, 0.2) is 0 Å². The number of nitrogens with one attached hydrogen (secondary N) is 2. The number of benzene rings is 1. The Morgan fingerprint density at radius 1 is 0.794 bits per heavy atom. The molecule has 0 heterocycles. The van der Waals surface area contributed by atoms with Crippen molar-refractivity contribution >= 4 is 41.0 Å². The molecule has 2 N–H and O–H groups in total. The lowest BCUT2D eigenvalue weighted by molar-refractivity contribution is -0.116. The van der Waals surface area contributed by atoms with E-state index in [4.69, 9.17) is 0 Å². The number of thioether (sulfide) groups is 2. The van der Waals surface area contributed by atoms with Gasteiger partial charge in [0.05, 0.1) is 5.69 Å². The summed E-state index contributed by atoms with van der Waals surface area (Å²) in [6.07, 6.45) is 22.9. The van der Waals surface area contributed by atoms with E-state index in [0.29, 0.717) is 18.5 Å². The number of hydrogen-bond donors (Lipinski definition) is 2. The fraction of sp³-hybridized carbons (Fsp3) is 0.714. The highest BCUT2D eigenvalue weighted by atomic mass is 32.2. The van der Waals surface area contributed by atoms with Gasteiger partial charge in [0.1, 0.15) is 0 Å². The lowest BCUT2D eigenvalue weighted by atomic mass is 10.0. The van der Waals surface area contributed by atoms with Crippen LogP contribution in [0, 0.1) is 0 Å². The quantitative estimate of drug-likeness (QED) is 0.129. The van der Waals surface area contributed by atoms with Gasteiger partial charge in [-0.3, -0.25) is 9.59 Å². The van der Waals surface area contributed by atoms with Crippen LogP contribution in [0.25, 0.3) is 0 Å². The number of anilines is 1. The molecule has 0 bridgehead atoms. The molecular formula is C28H48N2O2S2. The summed E-state index contributed by atoms with van der Waals surface area (Å²) in [6, 6.07) is 5.53. The van der Waals surface area contributed by atoms with Gasteiger partial charge < -0.3 is 10.6 Å². The van der Waals surface area contributed by atoms with Gasteiger partial charge in [0, 0.05) is 29.2 Å². The summed E-state index contributed by atoms with van der Waals surface area (Å²) in [4.78, 5) is 25.8. The number of carbonyl (C=O) groups excluding carboxylic acids is 2. The maximum atomic E-state index is 12.5. The van der Waals surface area contributed by atoms with Crippen LogP contribution in [0.1, 0.15) is 114 Å². The Labute approximate surface area is 217 Å². The zero-order valence-electron chi connectivity index (χ0n) is 21.9. The van der Waals surface area contributed by atoms with E-state index in [-0.39, 0.29) is 11.8 Å². The first-order valence-corrected chi connectivity index (χ1v) is 16.0. The predicted octanol–water partition coefficient (Wildman–Crippen LogP) is 8.31. The van der Waals surface area contributed by atoms with Crippen LogP contribution in [0.15, 0.2) is 23.1 Å². The maximum absolute atomic E-state index is 12.5. The Balaban J connectivity index is 2.17. The summed E-state index contributed by atoms with van der Waals surface area (Å²) in [7, 11) is 0. The first-order valence-electron chi connectivity index (χ1n) is 13.4. The summed E-state index contributed by atoms with van der Waals surface area (Å²) in [5.41, 5.74) is 1.33. The number of amides is 2. The van der Waals surface area contributed by atoms with Crippen molar-refractivity contribution in [3.8, 4) is 0 Å². The van der Waals surface area contributed by atoms with Crippen LogP contribution in [0.2, 0.25) is 0 Å². The van der Waals surface area contributed by atoms with Crippen molar-refractivity contribution in [1.29, 1.82) is 0 Å². The standard InChI is InChI=1S/C28H48N2O2S2/c1-4-5-6-7-8-9-10-11-12-13-14-15-16-17-18-27(31)30-25-23-24(19-20-26(25)34-3)28(32)29-21-22-33-2/h19-20,23H,4-18,21-22H2,1-3H3,(H,29,32)(H,30,31). The molecule has 0 saturated carbocycles. The van der Waals surface area contributed by atoms with E-state index in [9.17, 15) is 9.59 Å². The Hall–Kier alpha value is -1.14. The molecule has 0 radical (unpaired) electrons. The van der Waals surface area contributed by atoms with Gasteiger partial charge in [0.2, 0.25) is 5.91 Å². The van der Waals surface area contributed by atoms with E-state index in [1.165, 1.54) is 77.0 Å². The fourth-order valence-electron chi connectivity index (χ4n) is 4.01. The lowest BCUT2D eigenvalue weighted by Crippen LogP contribution is -2.25. The molecule has 1 aromatic rings. The highest BCUT2D eigenvalue weighted by Crippen LogP contribution is 2.27. The molecule has 0 saturated heterocycles. The molecule has 1 rings (SSSR count). The van der Waals surface area contributed by atoms with E-state index in [0.717, 1.165) is 29.2 Å². The van der Waals surface area contributed by atoms with Gasteiger partial charge in [0.25, 0.3) is 5.91 Å². The average molecular weight is 509 g/mol. The first-order chi connectivity index (χ1) is 16.6. The van der Waals surface area contributed by atoms with Crippen molar-refractivity contribution < 1.29 is 9.59 Å². The first kappa shape index (κ1) is 30.9. The average Bonchev–Trinajstić information content (AvgIpc) is 2.84. The van der Waals surface area contributed by atoms with E-state index >= 15 is 0 Å². The van der Waals surface area contributed by atoms with Crippen LogP contribution in [-0.2, 0) is 4.79 Å². The van der Waals surface area contributed by atoms with Crippen LogP contribution in [-0.4, -0.2) is 36.6 Å². The highest BCUT2D eigenvalue weighted by molar-refractivity contribution is 7.98. The van der Waals surface area contributed by atoms with E-state index in [1.54, 1.807) is 29.6 Å². The van der Waals surface area contributed by atoms with Gasteiger partial charge in [-0.2, -0.15) is 11.8 Å². The summed E-state index contributed by atoms with van der Waals surface area (Å²) in [6.45, 7) is 2.92. The van der Waals surface area contributed by atoms with Crippen molar-refractivity contribution in [2.75, 3.05) is 30.1 Å². The molecule has 6 heteroatoms. The second kappa shape index (κ2) is 21.2. The SMILES string of the molecule is CCCCCCCCCCCCCCCCC(=O)Nc1cc(C(=O)NCCSC)ccc1SC. The van der Waals surface area contributed by atoms with Crippen molar-refractivity contribution in [2.45, 2.75) is 108 Å². The van der Waals surface area contributed by atoms with Gasteiger partial charge in [-0.1, -0.05) is 90.4 Å². The molecule has 194 valence electrons. The topological polar surface area (TPSA) is 58.2 Å². The van der Waals surface area contributed by atoms with Crippen LogP contribution in [0.3, 0.4) is 0 Å². The zero-order chi connectivity index (χ0) is 24.9. The third-order valence-corrected chi connectivity index (χ3v) is 7.49. The molecular weight excluding hydrogens is 460 g/mol. The Kier molecular flexibility index (Phi) is 19.2. The second-order valence-electron chi connectivity index (χ2n) is 9.06. The van der Waals surface area contributed by atoms with Gasteiger partial charge in [-0.15, -0.1) is 11.8 Å². The molecule has 0 spiro atoms. The summed E-state index contributed by atoms with van der Waals surface area (Å²) < 4.78 is 0. The molecule has 0 unspecified atom stereocenters. The van der Waals surface area contributed by atoms with Crippen LogP contribution < -0.4 is 10.6 Å². The van der Waals surface area contributed by atoms with Gasteiger partial charge in [-0.05, 0) is 37.1 Å². The number of hydrogen-bond acceptors (Lipinski definition) is 4. The fourth-order valence-corrected chi connectivity index (χ4v) is 4.85.